The summed E-state index contributed by atoms with van der Waals surface area (Å²) in [7, 11) is 0. The summed E-state index contributed by atoms with van der Waals surface area (Å²) in [6.45, 7) is 1.84. The Balaban J connectivity index is 2.27. The SMILES string of the molecule is O=C1CNCCCO1. The number of carbonyl (C=O) groups is 1. The molecule has 46 valence electrons. The summed E-state index contributed by atoms with van der Waals surface area (Å²) in [5.41, 5.74) is 0. The lowest BCUT2D eigenvalue weighted by Crippen LogP contribution is -2.20. The molecule has 0 aliphatic carbocycles. The van der Waals surface area contributed by atoms with Crippen LogP contribution >= 0.6 is 0 Å². The van der Waals surface area contributed by atoms with Crippen molar-refractivity contribution >= 4 is 5.97 Å². The van der Waals surface area contributed by atoms with E-state index in [1.165, 1.54) is 0 Å². The summed E-state index contributed by atoms with van der Waals surface area (Å²) in [4.78, 5) is 10.4. The second kappa shape index (κ2) is 2.67. The number of cyclic esters (lactones) is 1. The van der Waals surface area contributed by atoms with Crippen molar-refractivity contribution in [3.05, 3.63) is 0 Å². The highest BCUT2D eigenvalue weighted by atomic mass is 16.5. The quantitative estimate of drug-likeness (QED) is 0.433. The van der Waals surface area contributed by atoms with Crippen LogP contribution in [0.4, 0.5) is 0 Å². The van der Waals surface area contributed by atoms with E-state index in [1.807, 2.05) is 0 Å². The van der Waals surface area contributed by atoms with Crippen molar-refractivity contribution < 1.29 is 9.53 Å². The average molecular weight is 115 g/mol. The van der Waals surface area contributed by atoms with E-state index >= 15 is 0 Å². The van der Waals surface area contributed by atoms with Crippen LogP contribution in [-0.2, 0) is 9.53 Å². The first-order chi connectivity index (χ1) is 3.89. The van der Waals surface area contributed by atoms with Gasteiger partial charge in [0.15, 0.2) is 0 Å². The normalized spacial score (nSPS) is 21.8. The van der Waals surface area contributed by atoms with Crippen LogP contribution < -0.4 is 5.32 Å². The van der Waals surface area contributed by atoms with E-state index in [0.29, 0.717) is 13.2 Å². The maximum atomic E-state index is 10.4. The van der Waals surface area contributed by atoms with Gasteiger partial charge in [0, 0.05) is 0 Å². The first-order valence-corrected chi connectivity index (χ1v) is 2.76. The predicted octanol–water partition coefficient (Wildman–Crippen LogP) is -0.477. The van der Waals surface area contributed by atoms with Crippen molar-refractivity contribution in [2.45, 2.75) is 6.42 Å². The van der Waals surface area contributed by atoms with Crippen molar-refractivity contribution in [1.82, 2.24) is 5.32 Å². The third-order valence-corrected chi connectivity index (χ3v) is 1.03. The Labute approximate surface area is 48.0 Å². The highest BCUT2D eigenvalue weighted by Crippen LogP contribution is 1.86. The minimum absolute atomic E-state index is 0.137. The first-order valence-electron chi connectivity index (χ1n) is 2.76. The smallest absolute Gasteiger partial charge is 0.319 e. The second-order valence-electron chi connectivity index (χ2n) is 1.75. The summed E-state index contributed by atoms with van der Waals surface area (Å²) in [5, 5.41) is 2.92. The van der Waals surface area contributed by atoms with E-state index in [0.717, 1.165) is 13.0 Å². The first kappa shape index (κ1) is 5.56. The van der Waals surface area contributed by atoms with Gasteiger partial charge in [-0.1, -0.05) is 0 Å². The van der Waals surface area contributed by atoms with Gasteiger partial charge >= 0.3 is 5.97 Å². The number of nitrogens with one attached hydrogen (secondary N) is 1. The van der Waals surface area contributed by atoms with Gasteiger partial charge in [-0.25, -0.2) is 0 Å². The molecule has 1 heterocycles. The largest absolute Gasteiger partial charge is 0.465 e. The number of ether oxygens (including phenoxy) is 1. The van der Waals surface area contributed by atoms with Crippen LogP contribution in [0.25, 0.3) is 0 Å². The highest BCUT2D eigenvalue weighted by Gasteiger charge is 2.04. The number of esters is 1. The Morgan fingerprint density at radius 2 is 2.50 bits per heavy atom. The lowest BCUT2D eigenvalue weighted by molar-refractivity contribution is -0.141. The van der Waals surface area contributed by atoms with E-state index in [-0.39, 0.29) is 5.97 Å². The molecule has 0 amide bonds. The molecule has 1 fully saturated rings. The van der Waals surface area contributed by atoms with E-state index in [1.54, 1.807) is 0 Å². The van der Waals surface area contributed by atoms with Crippen molar-refractivity contribution in [3.63, 3.8) is 0 Å². The maximum absolute atomic E-state index is 10.4. The summed E-state index contributed by atoms with van der Waals surface area (Å²) >= 11 is 0. The molecule has 0 bridgehead atoms. The molecular weight excluding hydrogens is 106 g/mol. The van der Waals surface area contributed by atoms with E-state index in [4.69, 9.17) is 4.74 Å². The maximum Gasteiger partial charge on any atom is 0.319 e. The number of carbonyl (C=O) groups excluding carboxylic acids is 1. The third-order valence-electron chi connectivity index (χ3n) is 1.03. The Morgan fingerprint density at radius 1 is 1.62 bits per heavy atom. The van der Waals surface area contributed by atoms with Crippen LogP contribution in [0.5, 0.6) is 0 Å². The Kier molecular flexibility index (Phi) is 1.86. The van der Waals surface area contributed by atoms with Gasteiger partial charge in [-0.2, -0.15) is 0 Å². The van der Waals surface area contributed by atoms with Crippen molar-refractivity contribution in [2.75, 3.05) is 19.7 Å². The zero-order valence-electron chi connectivity index (χ0n) is 4.64. The molecule has 0 saturated carbocycles. The zero-order chi connectivity index (χ0) is 5.82. The molecule has 8 heavy (non-hydrogen) atoms. The van der Waals surface area contributed by atoms with Crippen LogP contribution in [0.15, 0.2) is 0 Å². The van der Waals surface area contributed by atoms with Gasteiger partial charge in [0.1, 0.15) is 0 Å². The molecule has 0 unspecified atom stereocenters. The molecular formula is C5H9NO2. The molecule has 3 heteroatoms. The van der Waals surface area contributed by atoms with Gasteiger partial charge in [-0.3, -0.25) is 4.79 Å². The predicted molar refractivity (Wildman–Crippen MR) is 28.4 cm³/mol. The number of rotatable bonds is 0. The molecule has 1 saturated heterocycles. The fourth-order valence-corrected chi connectivity index (χ4v) is 0.625. The summed E-state index contributed by atoms with van der Waals surface area (Å²) in [5.74, 6) is -0.137. The topological polar surface area (TPSA) is 38.3 Å². The van der Waals surface area contributed by atoms with Crippen molar-refractivity contribution in [3.8, 4) is 0 Å². The molecule has 1 N–H and O–H groups in total. The molecule has 0 aromatic rings. The Morgan fingerprint density at radius 3 is 3.38 bits per heavy atom. The standard InChI is InChI=1S/C5H9NO2/c7-5-4-6-2-1-3-8-5/h6H,1-4H2. The summed E-state index contributed by atoms with van der Waals surface area (Å²) in [6.07, 6.45) is 0.936. The molecule has 1 rings (SSSR count). The highest BCUT2D eigenvalue weighted by molar-refractivity contribution is 5.71. The van der Waals surface area contributed by atoms with E-state index < -0.39 is 0 Å². The van der Waals surface area contributed by atoms with Crippen LogP contribution in [0.3, 0.4) is 0 Å². The van der Waals surface area contributed by atoms with Crippen LogP contribution in [0.2, 0.25) is 0 Å². The Hall–Kier alpha value is -0.570. The fraction of sp³-hybridized carbons (Fsp3) is 0.800. The van der Waals surface area contributed by atoms with Crippen LogP contribution in [0, 0.1) is 0 Å². The van der Waals surface area contributed by atoms with Gasteiger partial charge < -0.3 is 10.1 Å². The molecule has 1 aliphatic rings. The Bertz CT molecular complexity index is 82.4. The molecule has 0 spiro atoms. The third kappa shape index (κ3) is 1.50. The summed E-state index contributed by atoms with van der Waals surface area (Å²) in [6, 6.07) is 0. The minimum Gasteiger partial charge on any atom is -0.465 e. The summed E-state index contributed by atoms with van der Waals surface area (Å²) < 4.78 is 4.70. The van der Waals surface area contributed by atoms with E-state index in [2.05, 4.69) is 5.32 Å². The fourth-order valence-electron chi connectivity index (χ4n) is 0.625. The lowest BCUT2D eigenvalue weighted by Gasteiger charge is -1.93. The van der Waals surface area contributed by atoms with Gasteiger partial charge in [-0.05, 0) is 13.0 Å². The van der Waals surface area contributed by atoms with Gasteiger partial charge in [-0.15, -0.1) is 0 Å². The second-order valence-corrected chi connectivity index (χ2v) is 1.75. The zero-order valence-corrected chi connectivity index (χ0v) is 4.64. The van der Waals surface area contributed by atoms with Crippen molar-refractivity contribution in [2.24, 2.45) is 0 Å². The van der Waals surface area contributed by atoms with Crippen LogP contribution in [-0.4, -0.2) is 25.7 Å². The molecule has 3 nitrogen and oxygen atoms in total. The number of hydrogen-bond acceptors (Lipinski definition) is 3. The molecule has 1 aliphatic heterocycles. The molecule has 0 aromatic heterocycles. The molecule has 0 radical (unpaired) electrons. The van der Waals surface area contributed by atoms with Crippen molar-refractivity contribution in [1.29, 1.82) is 0 Å². The minimum atomic E-state index is -0.137. The van der Waals surface area contributed by atoms with Gasteiger partial charge in [0.05, 0.1) is 13.2 Å². The average Bonchev–Trinajstić information content (AvgIpc) is 1.94. The lowest BCUT2D eigenvalue weighted by atomic mass is 10.5. The van der Waals surface area contributed by atoms with Gasteiger partial charge in [0.25, 0.3) is 0 Å². The molecule has 0 atom stereocenters. The van der Waals surface area contributed by atoms with Crippen LogP contribution in [0.1, 0.15) is 6.42 Å². The monoisotopic (exact) mass is 115 g/mol. The van der Waals surface area contributed by atoms with Gasteiger partial charge in [0.2, 0.25) is 0 Å². The number of hydrogen-bond donors (Lipinski definition) is 1. The molecule has 0 aromatic carbocycles. The van der Waals surface area contributed by atoms with E-state index in [9.17, 15) is 4.79 Å².